The summed E-state index contributed by atoms with van der Waals surface area (Å²) in [6.07, 6.45) is 7.72. The van der Waals surface area contributed by atoms with E-state index in [1.165, 1.54) is 44.1 Å². The van der Waals surface area contributed by atoms with Crippen molar-refractivity contribution in [2.24, 2.45) is 5.92 Å². The van der Waals surface area contributed by atoms with Gasteiger partial charge in [0.15, 0.2) is 0 Å². The molecule has 2 atom stereocenters. The van der Waals surface area contributed by atoms with Gasteiger partial charge in [-0.05, 0) is 43.2 Å². The van der Waals surface area contributed by atoms with E-state index >= 15 is 0 Å². The van der Waals surface area contributed by atoms with Crippen LogP contribution >= 0.6 is 15.9 Å². The summed E-state index contributed by atoms with van der Waals surface area (Å²) >= 11 is 3.63. The second-order valence-electron chi connectivity index (χ2n) is 6.92. The average Bonchev–Trinajstić information content (AvgIpc) is 3.29. The fraction of sp³-hybridized carbons (Fsp3) is 0.667. The summed E-state index contributed by atoms with van der Waals surface area (Å²) < 4.78 is 7.65. The second-order valence-corrected chi connectivity index (χ2v) is 7.77. The Balaban J connectivity index is 1.64. The fourth-order valence-corrected chi connectivity index (χ4v) is 3.82. The molecule has 2 unspecified atom stereocenters. The molecule has 0 heterocycles. The van der Waals surface area contributed by atoms with Gasteiger partial charge in [0.05, 0.1) is 12.2 Å². The molecule has 0 amide bonds. The van der Waals surface area contributed by atoms with Crippen molar-refractivity contribution in [3.05, 3.63) is 34.3 Å². The molecule has 21 heavy (non-hydrogen) atoms. The van der Waals surface area contributed by atoms with E-state index in [1.54, 1.807) is 0 Å². The minimum atomic E-state index is 0.0372. The fourth-order valence-electron chi connectivity index (χ4n) is 3.42. The van der Waals surface area contributed by atoms with E-state index in [9.17, 15) is 0 Å². The quantitative estimate of drug-likeness (QED) is 0.804. The van der Waals surface area contributed by atoms with Crippen LogP contribution in [0.3, 0.4) is 0 Å². The van der Waals surface area contributed by atoms with E-state index in [2.05, 4.69) is 52.4 Å². The minimum Gasteiger partial charge on any atom is -0.369 e. The molecule has 0 aromatic heterocycles. The van der Waals surface area contributed by atoms with Crippen molar-refractivity contribution in [3.8, 4) is 0 Å². The molecule has 1 aromatic rings. The van der Waals surface area contributed by atoms with E-state index in [-0.39, 0.29) is 5.60 Å². The molecular formula is C18H26BrNO. The predicted octanol–water partition coefficient (Wildman–Crippen LogP) is 4.67. The van der Waals surface area contributed by atoms with Crippen molar-refractivity contribution < 1.29 is 4.74 Å². The van der Waals surface area contributed by atoms with Gasteiger partial charge in [-0.1, -0.05) is 53.9 Å². The maximum Gasteiger partial charge on any atom is 0.0813 e. The van der Waals surface area contributed by atoms with Crippen LogP contribution in [0.15, 0.2) is 28.7 Å². The molecule has 2 aliphatic rings. The summed E-state index contributed by atoms with van der Waals surface area (Å²) in [5.41, 5.74) is 1.29. The number of rotatable bonds is 6. The van der Waals surface area contributed by atoms with Crippen LogP contribution in [0.25, 0.3) is 0 Å². The van der Waals surface area contributed by atoms with Crippen LogP contribution in [0.2, 0.25) is 0 Å². The van der Waals surface area contributed by atoms with Gasteiger partial charge < -0.3 is 10.1 Å². The monoisotopic (exact) mass is 351 g/mol. The molecule has 2 fully saturated rings. The predicted molar refractivity (Wildman–Crippen MR) is 90.3 cm³/mol. The number of benzene rings is 1. The molecule has 0 spiro atoms. The van der Waals surface area contributed by atoms with E-state index in [0.29, 0.717) is 6.61 Å². The minimum absolute atomic E-state index is 0.0372. The number of nitrogens with one attached hydrogen (secondary N) is 1. The van der Waals surface area contributed by atoms with E-state index in [1.807, 2.05) is 0 Å². The Morgan fingerprint density at radius 2 is 2.10 bits per heavy atom. The summed E-state index contributed by atoms with van der Waals surface area (Å²) in [4.78, 5) is 0. The Bertz CT molecular complexity index is 474. The third kappa shape index (κ3) is 4.30. The van der Waals surface area contributed by atoms with E-state index in [0.717, 1.165) is 23.0 Å². The van der Waals surface area contributed by atoms with Gasteiger partial charge in [0.1, 0.15) is 0 Å². The van der Waals surface area contributed by atoms with Crippen LogP contribution in [0.5, 0.6) is 0 Å². The molecule has 0 saturated heterocycles. The maximum atomic E-state index is 6.49. The van der Waals surface area contributed by atoms with Gasteiger partial charge in [0, 0.05) is 17.1 Å². The Kier molecular flexibility index (Phi) is 5.03. The van der Waals surface area contributed by atoms with Crippen LogP contribution < -0.4 is 5.32 Å². The normalized spacial score (nSPS) is 29.5. The highest BCUT2D eigenvalue weighted by Crippen LogP contribution is 2.36. The first kappa shape index (κ1) is 15.5. The molecule has 2 nitrogen and oxygen atoms in total. The van der Waals surface area contributed by atoms with Gasteiger partial charge in [-0.25, -0.2) is 0 Å². The lowest BCUT2D eigenvalue weighted by Gasteiger charge is -2.40. The lowest BCUT2D eigenvalue weighted by Crippen LogP contribution is -2.47. The van der Waals surface area contributed by atoms with Crippen molar-refractivity contribution >= 4 is 15.9 Å². The third-order valence-corrected chi connectivity index (χ3v) is 5.61. The van der Waals surface area contributed by atoms with E-state index < -0.39 is 0 Å². The standard InChI is InChI=1S/C18H26BrNO/c1-14-5-4-10-18(11-14,13-20-16-8-9-16)21-12-15-6-2-3-7-17(15)19/h2-3,6-7,14,16,20H,4-5,8-13H2,1H3. The van der Waals surface area contributed by atoms with Crippen molar-refractivity contribution in [2.45, 2.75) is 63.7 Å². The van der Waals surface area contributed by atoms with E-state index in [4.69, 9.17) is 4.74 Å². The molecule has 3 heteroatoms. The summed E-state index contributed by atoms with van der Waals surface area (Å²) in [5.74, 6) is 0.777. The Morgan fingerprint density at radius 3 is 2.81 bits per heavy atom. The van der Waals surface area contributed by atoms with Gasteiger partial charge in [0.2, 0.25) is 0 Å². The van der Waals surface area contributed by atoms with Gasteiger partial charge in [-0.3, -0.25) is 0 Å². The third-order valence-electron chi connectivity index (χ3n) is 4.83. The molecule has 0 bridgehead atoms. The van der Waals surface area contributed by atoms with Crippen molar-refractivity contribution in [1.82, 2.24) is 5.32 Å². The van der Waals surface area contributed by atoms with Gasteiger partial charge >= 0.3 is 0 Å². The van der Waals surface area contributed by atoms with Gasteiger partial charge in [-0.2, -0.15) is 0 Å². The zero-order chi connectivity index (χ0) is 14.7. The smallest absolute Gasteiger partial charge is 0.0813 e. The second kappa shape index (κ2) is 6.80. The maximum absolute atomic E-state index is 6.49. The SMILES string of the molecule is CC1CCCC(CNC2CC2)(OCc2ccccc2Br)C1. The molecule has 0 radical (unpaired) electrons. The average molecular weight is 352 g/mol. The molecule has 116 valence electrons. The first-order valence-electron chi connectivity index (χ1n) is 8.28. The van der Waals surface area contributed by atoms with Crippen molar-refractivity contribution in [3.63, 3.8) is 0 Å². The molecule has 1 N–H and O–H groups in total. The van der Waals surface area contributed by atoms with Crippen LogP contribution in [0, 0.1) is 5.92 Å². The number of hydrogen-bond donors (Lipinski definition) is 1. The largest absolute Gasteiger partial charge is 0.369 e. The molecular weight excluding hydrogens is 326 g/mol. The molecule has 3 rings (SSSR count). The zero-order valence-corrected chi connectivity index (χ0v) is 14.5. The van der Waals surface area contributed by atoms with Crippen molar-refractivity contribution in [1.29, 1.82) is 0 Å². The Hall–Kier alpha value is -0.380. The summed E-state index contributed by atoms with van der Waals surface area (Å²) in [7, 11) is 0. The zero-order valence-electron chi connectivity index (χ0n) is 12.9. The van der Waals surface area contributed by atoms with Crippen LogP contribution in [0.1, 0.15) is 51.0 Å². The summed E-state index contributed by atoms with van der Waals surface area (Å²) in [6, 6.07) is 9.14. The number of ether oxygens (including phenoxy) is 1. The summed E-state index contributed by atoms with van der Waals surface area (Å²) in [6.45, 7) is 4.10. The Morgan fingerprint density at radius 1 is 1.29 bits per heavy atom. The highest BCUT2D eigenvalue weighted by Gasteiger charge is 2.37. The van der Waals surface area contributed by atoms with Crippen molar-refractivity contribution in [2.75, 3.05) is 6.54 Å². The highest BCUT2D eigenvalue weighted by atomic mass is 79.9. The highest BCUT2D eigenvalue weighted by molar-refractivity contribution is 9.10. The lowest BCUT2D eigenvalue weighted by atomic mass is 9.78. The number of hydrogen-bond acceptors (Lipinski definition) is 2. The van der Waals surface area contributed by atoms with Gasteiger partial charge in [0.25, 0.3) is 0 Å². The molecule has 2 saturated carbocycles. The van der Waals surface area contributed by atoms with Gasteiger partial charge in [-0.15, -0.1) is 0 Å². The number of halogens is 1. The van der Waals surface area contributed by atoms with Crippen LogP contribution in [-0.2, 0) is 11.3 Å². The first-order chi connectivity index (χ1) is 10.2. The Labute approximate surface area is 136 Å². The van der Waals surface area contributed by atoms with Crippen LogP contribution in [0.4, 0.5) is 0 Å². The molecule has 2 aliphatic carbocycles. The summed E-state index contributed by atoms with van der Waals surface area (Å²) in [5, 5.41) is 3.70. The topological polar surface area (TPSA) is 21.3 Å². The molecule has 0 aliphatic heterocycles. The first-order valence-corrected chi connectivity index (χ1v) is 9.07. The lowest BCUT2D eigenvalue weighted by molar-refractivity contribution is -0.0893. The molecule has 1 aromatic carbocycles. The van der Waals surface area contributed by atoms with Crippen LogP contribution in [-0.4, -0.2) is 18.2 Å².